The monoisotopic (exact) mass is 577 g/mol. The average Bonchev–Trinajstić information content (AvgIpc) is 2.89. The van der Waals surface area contributed by atoms with Gasteiger partial charge in [-0.15, -0.1) is 0 Å². The van der Waals surface area contributed by atoms with Crippen LogP contribution in [0.2, 0.25) is 0 Å². The van der Waals surface area contributed by atoms with Gasteiger partial charge in [0, 0.05) is 17.3 Å². The summed E-state index contributed by atoms with van der Waals surface area (Å²) in [4.78, 5) is 42.8. The zero-order chi connectivity index (χ0) is 29.6. The maximum atomic E-state index is 14.3. The number of anilines is 1. The molecule has 3 aromatic rings. The van der Waals surface area contributed by atoms with Crippen LogP contribution in [-0.2, 0) is 14.3 Å². The van der Waals surface area contributed by atoms with E-state index < -0.39 is 29.7 Å². The highest BCUT2D eigenvalue weighted by molar-refractivity contribution is 7.98. The molecule has 3 aromatic carbocycles. The Morgan fingerprint density at radius 3 is 2.34 bits per heavy atom. The summed E-state index contributed by atoms with van der Waals surface area (Å²) >= 11 is 1.56. The maximum absolute atomic E-state index is 14.3. The number of carbonyl (C=O) groups is 3. The predicted molar refractivity (Wildman–Crippen MR) is 164 cm³/mol. The smallest absolute Gasteiger partial charge is 0.408 e. The van der Waals surface area contributed by atoms with Gasteiger partial charge in [0.25, 0.3) is 5.91 Å². The molecule has 0 aromatic heterocycles. The zero-order valence-electron chi connectivity index (χ0n) is 24.1. The Kier molecular flexibility index (Phi) is 9.81. The van der Waals surface area contributed by atoms with Gasteiger partial charge in [-0.25, -0.2) is 4.79 Å². The van der Waals surface area contributed by atoms with E-state index in [4.69, 9.17) is 4.74 Å². The Morgan fingerprint density at radius 2 is 1.71 bits per heavy atom. The molecule has 0 saturated heterocycles. The summed E-state index contributed by atoms with van der Waals surface area (Å²) in [5.74, 6) is -0.279. The lowest BCUT2D eigenvalue weighted by atomic mass is 9.87. The van der Waals surface area contributed by atoms with Crippen molar-refractivity contribution < 1.29 is 24.2 Å². The fourth-order valence-corrected chi connectivity index (χ4v) is 5.39. The van der Waals surface area contributed by atoms with Crippen LogP contribution in [0.25, 0.3) is 10.8 Å². The van der Waals surface area contributed by atoms with Gasteiger partial charge >= 0.3 is 6.09 Å². The summed E-state index contributed by atoms with van der Waals surface area (Å²) in [6.07, 6.45) is 3.97. The molecule has 3 N–H and O–H groups in total. The summed E-state index contributed by atoms with van der Waals surface area (Å²) in [5.41, 5.74) is 0.177. The number of para-hydroxylation sites is 1. The van der Waals surface area contributed by atoms with Crippen LogP contribution in [0.1, 0.15) is 58.1 Å². The van der Waals surface area contributed by atoms with Gasteiger partial charge in [0.2, 0.25) is 5.91 Å². The molecule has 1 fully saturated rings. The number of carbonyl (C=O) groups excluding carboxylic acids is 3. The van der Waals surface area contributed by atoms with Crippen LogP contribution < -0.4 is 10.6 Å². The number of rotatable bonds is 10. The Bertz CT molecular complexity index is 1390. The minimum Gasteiger partial charge on any atom is -0.508 e. The second kappa shape index (κ2) is 13.3. The van der Waals surface area contributed by atoms with Gasteiger partial charge < -0.3 is 25.4 Å². The van der Waals surface area contributed by atoms with Crippen molar-refractivity contribution in [1.82, 2.24) is 10.2 Å². The van der Waals surface area contributed by atoms with Crippen molar-refractivity contribution in [1.29, 1.82) is 0 Å². The molecule has 2 unspecified atom stereocenters. The van der Waals surface area contributed by atoms with Gasteiger partial charge in [0.1, 0.15) is 23.4 Å². The summed E-state index contributed by atoms with van der Waals surface area (Å²) in [6.45, 7) is 5.28. The minimum atomic E-state index is -1.11. The molecular weight excluding hydrogens is 538 g/mol. The van der Waals surface area contributed by atoms with E-state index in [1.54, 1.807) is 55.6 Å². The van der Waals surface area contributed by atoms with Crippen LogP contribution in [-0.4, -0.2) is 57.6 Å². The molecule has 0 bridgehead atoms. The quantitative estimate of drug-likeness (QED) is 0.263. The molecule has 41 heavy (non-hydrogen) atoms. The van der Waals surface area contributed by atoms with Crippen LogP contribution in [0, 0.1) is 0 Å². The van der Waals surface area contributed by atoms with Gasteiger partial charge in [0.05, 0.1) is 0 Å². The first kappa shape index (κ1) is 30.2. The van der Waals surface area contributed by atoms with E-state index in [0.29, 0.717) is 23.4 Å². The van der Waals surface area contributed by atoms with Gasteiger partial charge in [-0.05, 0) is 87.4 Å². The molecule has 218 valence electrons. The number of nitrogens with zero attached hydrogens (tertiary/aromatic N) is 1. The van der Waals surface area contributed by atoms with Crippen molar-refractivity contribution in [3.63, 3.8) is 0 Å². The summed E-state index contributed by atoms with van der Waals surface area (Å²) in [6, 6.07) is 17.8. The van der Waals surface area contributed by atoms with Crippen molar-refractivity contribution in [3.8, 4) is 5.75 Å². The highest BCUT2D eigenvalue weighted by atomic mass is 32.2. The molecule has 9 heteroatoms. The van der Waals surface area contributed by atoms with Crippen molar-refractivity contribution in [2.45, 2.75) is 70.2 Å². The fourth-order valence-electron chi connectivity index (χ4n) is 4.92. The predicted octanol–water partition coefficient (Wildman–Crippen LogP) is 6.25. The fraction of sp³-hybridized carbons (Fsp3) is 0.406. The van der Waals surface area contributed by atoms with Gasteiger partial charge in [-0.1, -0.05) is 48.5 Å². The van der Waals surface area contributed by atoms with Gasteiger partial charge in [-0.3, -0.25) is 9.59 Å². The third kappa shape index (κ3) is 7.73. The number of nitrogens with one attached hydrogen (secondary N) is 2. The number of hydrogen-bond donors (Lipinski definition) is 3. The maximum Gasteiger partial charge on any atom is 0.408 e. The molecule has 8 nitrogen and oxygen atoms in total. The van der Waals surface area contributed by atoms with Crippen LogP contribution >= 0.6 is 11.8 Å². The number of aromatic hydroxyl groups is 1. The molecule has 1 aliphatic carbocycles. The molecular formula is C32H39N3O5S. The summed E-state index contributed by atoms with van der Waals surface area (Å²) < 4.78 is 5.46. The van der Waals surface area contributed by atoms with Crippen molar-refractivity contribution in [3.05, 3.63) is 72.3 Å². The largest absolute Gasteiger partial charge is 0.508 e. The molecule has 2 atom stereocenters. The summed E-state index contributed by atoms with van der Waals surface area (Å²) in [5, 5.41) is 18.6. The molecule has 0 spiro atoms. The number of phenols is 1. The van der Waals surface area contributed by atoms with Crippen LogP contribution in [0.5, 0.6) is 5.75 Å². The minimum absolute atomic E-state index is 0.0796. The van der Waals surface area contributed by atoms with E-state index in [1.807, 2.05) is 48.7 Å². The standard InChI is InChI=1S/C32H39N3O5S/c1-32(2,3)40-31(39)34-26(18-19-41-4)30(38)35(24-12-9-13-24)28(25-14-7-8-15-27(25)36)29(37)33-23-17-16-21-10-5-6-11-22(21)20-23/h5-8,10-11,14-17,20,24,26,28,36H,9,12-13,18-19H2,1-4H3,(H,33,37)(H,34,39). The highest BCUT2D eigenvalue weighted by Gasteiger charge is 2.42. The molecule has 1 saturated carbocycles. The lowest BCUT2D eigenvalue weighted by Crippen LogP contribution is -2.57. The first-order chi connectivity index (χ1) is 19.6. The molecule has 0 radical (unpaired) electrons. The normalized spacial score (nSPS) is 14.9. The first-order valence-corrected chi connectivity index (χ1v) is 15.3. The van der Waals surface area contributed by atoms with Crippen molar-refractivity contribution in [2.75, 3.05) is 17.3 Å². The molecule has 4 rings (SSSR count). The number of benzene rings is 3. The number of thioether (sulfide) groups is 1. The Labute approximate surface area is 245 Å². The third-order valence-corrected chi connectivity index (χ3v) is 7.74. The lowest BCUT2D eigenvalue weighted by Gasteiger charge is -2.43. The van der Waals surface area contributed by atoms with Crippen molar-refractivity contribution in [2.24, 2.45) is 0 Å². The molecule has 1 aliphatic rings. The number of fused-ring (bicyclic) bond motifs is 1. The van der Waals surface area contributed by atoms with Crippen LogP contribution in [0.15, 0.2) is 66.7 Å². The Hall–Kier alpha value is -3.72. The van der Waals surface area contributed by atoms with E-state index >= 15 is 0 Å². The number of hydrogen-bond acceptors (Lipinski definition) is 6. The number of alkyl carbamates (subject to hydrolysis) is 1. The van der Waals surface area contributed by atoms with E-state index in [1.165, 1.54) is 6.07 Å². The van der Waals surface area contributed by atoms with E-state index in [0.717, 1.165) is 30.0 Å². The van der Waals surface area contributed by atoms with E-state index in [9.17, 15) is 19.5 Å². The van der Waals surface area contributed by atoms with Crippen LogP contribution in [0.3, 0.4) is 0 Å². The average molecular weight is 578 g/mol. The highest BCUT2D eigenvalue weighted by Crippen LogP contribution is 2.37. The Morgan fingerprint density at radius 1 is 1.02 bits per heavy atom. The summed E-state index contributed by atoms with van der Waals surface area (Å²) in [7, 11) is 0. The SMILES string of the molecule is CSCCC(NC(=O)OC(C)(C)C)C(=O)N(C1CCC1)C(C(=O)Nc1ccc2ccccc2c1)c1ccccc1O. The van der Waals surface area contributed by atoms with Gasteiger partial charge in [-0.2, -0.15) is 11.8 Å². The van der Waals surface area contributed by atoms with E-state index in [2.05, 4.69) is 10.6 Å². The first-order valence-electron chi connectivity index (χ1n) is 14.0. The second-order valence-electron chi connectivity index (χ2n) is 11.3. The topological polar surface area (TPSA) is 108 Å². The van der Waals surface area contributed by atoms with Crippen LogP contribution in [0.4, 0.5) is 10.5 Å². The van der Waals surface area contributed by atoms with Crippen molar-refractivity contribution >= 4 is 46.1 Å². The Balaban J connectivity index is 1.71. The van der Waals surface area contributed by atoms with E-state index in [-0.39, 0.29) is 17.7 Å². The second-order valence-corrected chi connectivity index (χ2v) is 12.3. The zero-order valence-corrected chi connectivity index (χ0v) is 24.9. The number of amides is 3. The molecule has 0 heterocycles. The number of ether oxygens (including phenoxy) is 1. The lowest BCUT2D eigenvalue weighted by molar-refractivity contribution is -0.145. The third-order valence-electron chi connectivity index (χ3n) is 7.10. The number of phenolic OH excluding ortho intramolecular Hbond substituents is 1. The molecule has 3 amide bonds. The van der Waals surface area contributed by atoms with Gasteiger partial charge in [0.15, 0.2) is 0 Å². The molecule has 0 aliphatic heterocycles.